The molecule has 1 aromatic carbocycles. The van der Waals surface area contributed by atoms with Gasteiger partial charge >= 0.3 is 6.18 Å². The number of anilines is 2. The summed E-state index contributed by atoms with van der Waals surface area (Å²) >= 11 is 1.30. The molecule has 0 aliphatic carbocycles. The molecule has 3 heterocycles. The van der Waals surface area contributed by atoms with Gasteiger partial charge in [0, 0.05) is 23.3 Å². The lowest BCUT2D eigenvalue weighted by Crippen LogP contribution is -2.27. The molecule has 0 saturated heterocycles. The van der Waals surface area contributed by atoms with Crippen molar-refractivity contribution in [2.75, 3.05) is 5.32 Å². The summed E-state index contributed by atoms with van der Waals surface area (Å²) in [6.45, 7) is 6.83. The summed E-state index contributed by atoms with van der Waals surface area (Å²) < 4.78 is 40.2. The second-order valence-corrected chi connectivity index (χ2v) is 9.37. The third-order valence-electron chi connectivity index (χ3n) is 5.06. The number of benzene rings is 1. The van der Waals surface area contributed by atoms with Gasteiger partial charge in [-0.3, -0.25) is 4.79 Å². The van der Waals surface area contributed by atoms with E-state index in [0.717, 1.165) is 34.6 Å². The van der Waals surface area contributed by atoms with Gasteiger partial charge in [-0.2, -0.15) is 13.2 Å². The van der Waals surface area contributed by atoms with Crippen LogP contribution in [0.4, 0.5) is 24.0 Å². The Labute approximate surface area is 198 Å². The normalized spacial score (nSPS) is 12.8. The van der Waals surface area contributed by atoms with E-state index < -0.39 is 11.7 Å². The van der Waals surface area contributed by atoms with Crippen molar-refractivity contribution in [3.05, 3.63) is 65.2 Å². The number of amides is 1. The Morgan fingerprint density at radius 3 is 2.50 bits per heavy atom. The minimum atomic E-state index is -4.38. The Hall–Kier alpha value is -3.47. The van der Waals surface area contributed by atoms with Crippen molar-refractivity contribution in [2.45, 2.75) is 39.5 Å². The first kappa shape index (κ1) is 23.7. The van der Waals surface area contributed by atoms with Crippen LogP contribution in [0.5, 0.6) is 0 Å². The molecule has 0 fully saturated rings. The Morgan fingerprint density at radius 1 is 1.09 bits per heavy atom. The maximum Gasteiger partial charge on any atom is 0.416 e. The lowest BCUT2D eigenvalue weighted by molar-refractivity contribution is -0.137. The highest BCUT2D eigenvalue weighted by atomic mass is 32.1. The van der Waals surface area contributed by atoms with Crippen LogP contribution in [0.15, 0.2) is 49.1 Å². The third kappa shape index (κ3) is 5.36. The van der Waals surface area contributed by atoms with Gasteiger partial charge in [0.2, 0.25) is 0 Å². The van der Waals surface area contributed by atoms with E-state index in [1.165, 1.54) is 23.5 Å². The lowest BCUT2D eigenvalue weighted by atomic mass is 10.2. The van der Waals surface area contributed by atoms with Gasteiger partial charge in [-0.15, -0.1) is 0 Å². The summed E-state index contributed by atoms with van der Waals surface area (Å²) in [4.78, 5) is 26.4. The van der Waals surface area contributed by atoms with Gasteiger partial charge in [-0.1, -0.05) is 25.2 Å². The molecule has 0 bridgehead atoms. The molecule has 3 aromatic heterocycles. The van der Waals surface area contributed by atoms with E-state index in [2.05, 4.69) is 39.4 Å². The predicted octanol–water partition coefficient (Wildman–Crippen LogP) is 5.80. The van der Waals surface area contributed by atoms with Crippen molar-refractivity contribution in [3.63, 3.8) is 0 Å². The fraction of sp³-hybridized carbons (Fsp3) is 0.304. The van der Waals surface area contributed by atoms with Gasteiger partial charge < -0.3 is 15.2 Å². The third-order valence-corrected chi connectivity index (χ3v) is 6.16. The molecule has 4 aromatic rings. The number of alkyl halides is 3. The maximum absolute atomic E-state index is 12.8. The SMILES string of the molecule is CC(C)Cn1cnc2cnc(C(=O)NC(C)c3cnc(Nc4ccc(C(F)(F)F)cc4)s3)cc21. The second-order valence-electron chi connectivity index (χ2n) is 8.31. The lowest BCUT2D eigenvalue weighted by Gasteiger charge is -2.12. The average Bonchev–Trinajstić information content (AvgIpc) is 3.40. The van der Waals surface area contributed by atoms with Gasteiger partial charge in [-0.05, 0) is 43.2 Å². The summed E-state index contributed by atoms with van der Waals surface area (Å²) in [6, 6.07) is 6.11. The molecule has 0 spiro atoms. The molecule has 2 N–H and O–H groups in total. The molecule has 0 radical (unpaired) electrons. The number of carbonyl (C=O) groups excluding carboxylic acids is 1. The number of hydrogen-bond acceptors (Lipinski definition) is 6. The smallest absolute Gasteiger partial charge is 0.343 e. The topological polar surface area (TPSA) is 84.7 Å². The van der Waals surface area contributed by atoms with Crippen LogP contribution in [0.2, 0.25) is 0 Å². The molecule has 11 heteroatoms. The van der Waals surface area contributed by atoms with Gasteiger partial charge in [-0.25, -0.2) is 15.0 Å². The van der Waals surface area contributed by atoms with Crippen LogP contribution < -0.4 is 10.6 Å². The van der Waals surface area contributed by atoms with E-state index in [1.807, 2.05) is 11.5 Å². The summed E-state index contributed by atoms with van der Waals surface area (Å²) in [6.07, 6.45) is 0.577. The van der Waals surface area contributed by atoms with E-state index in [0.29, 0.717) is 16.7 Å². The number of thiazole rings is 1. The molecule has 1 amide bonds. The summed E-state index contributed by atoms with van der Waals surface area (Å²) in [5, 5.41) is 6.41. The molecule has 4 rings (SSSR count). The Balaban J connectivity index is 1.42. The highest BCUT2D eigenvalue weighted by molar-refractivity contribution is 7.15. The molecule has 0 saturated carbocycles. The number of aromatic nitrogens is 4. The molecular formula is C23H23F3N6OS. The van der Waals surface area contributed by atoms with Crippen LogP contribution in [-0.4, -0.2) is 25.4 Å². The number of pyridine rings is 1. The summed E-state index contributed by atoms with van der Waals surface area (Å²) in [5.41, 5.74) is 1.64. The highest BCUT2D eigenvalue weighted by Crippen LogP contribution is 2.31. The first-order chi connectivity index (χ1) is 16.1. The zero-order valence-corrected chi connectivity index (χ0v) is 19.5. The van der Waals surface area contributed by atoms with Gasteiger partial charge in [0.25, 0.3) is 5.91 Å². The number of hydrogen-bond donors (Lipinski definition) is 2. The highest BCUT2D eigenvalue weighted by Gasteiger charge is 2.30. The van der Waals surface area contributed by atoms with E-state index in [4.69, 9.17) is 0 Å². The van der Waals surface area contributed by atoms with Crippen molar-refractivity contribution in [3.8, 4) is 0 Å². The molecule has 7 nitrogen and oxygen atoms in total. The van der Waals surface area contributed by atoms with Crippen LogP contribution in [0, 0.1) is 5.92 Å². The minimum Gasteiger partial charge on any atom is -0.343 e. The standard InChI is InChI=1S/C23H23F3N6OS/c1-13(2)11-32-12-29-18-9-27-17(8-19(18)32)21(33)30-14(3)20-10-28-22(34-20)31-16-6-4-15(5-7-16)23(24,25)26/h4-10,12-14H,11H2,1-3H3,(H,28,31)(H,30,33). The largest absolute Gasteiger partial charge is 0.416 e. The van der Waals surface area contributed by atoms with Crippen LogP contribution in [0.3, 0.4) is 0 Å². The van der Waals surface area contributed by atoms with Crippen molar-refractivity contribution >= 4 is 39.1 Å². The zero-order chi connectivity index (χ0) is 24.5. The van der Waals surface area contributed by atoms with Crippen molar-refractivity contribution in [1.29, 1.82) is 0 Å². The molecule has 1 atom stereocenters. The molecule has 178 valence electrons. The van der Waals surface area contributed by atoms with Crippen molar-refractivity contribution < 1.29 is 18.0 Å². The first-order valence-electron chi connectivity index (χ1n) is 10.6. The number of halogens is 3. The van der Waals surface area contributed by atoms with E-state index >= 15 is 0 Å². The Bertz CT molecular complexity index is 1300. The first-order valence-corrected chi connectivity index (χ1v) is 11.4. The van der Waals surface area contributed by atoms with E-state index in [-0.39, 0.29) is 17.6 Å². The second kappa shape index (κ2) is 9.41. The van der Waals surface area contributed by atoms with Crippen LogP contribution in [0.1, 0.15) is 47.7 Å². The molecule has 1 unspecified atom stereocenters. The van der Waals surface area contributed by atoms with E-state index in [9.17, 15) is 18.0 Å². The monoisotopic (exact) mass is 488 g/mol. The van der Waals surface area contributed by atoms with E-state index in [1.54, 1.807) is 24.8 Å². The fourth-order valence-electron chi connectivity index (χ4n) is 3.38. The summed E-state index contributed by atoms with van der Waals surface area (Å²) in [5.74, 6) is 0.108. The van der Waals surface area contributed by atoms with Crippen molar-refractivity contribution in [2.24, 2.45) is 5.92 Å². The van der Waals surface area contributed by atoms with Crippen LogP contribution in [-0.2, 0) is 12.7 Å². The average molecular weight is 489 g/mol. The molecule has 0 aliphatic heterocycles. The number of nitrogens with zero attached hydrogens (tertiary/aromatic N) is 4. The number of imidazole rings is 1. The van der Waals surface area contributed by atoms with Crippen molar-refractivity contribution in [1.82, 2.24) is 24.8 Å². The van der Waals surface area contributed by atoms with Gasteiger partial charge in [0.15, 0.2) is 5.13 Å². The zero-order valence-electron chi connectivity index (χ0n) is 18.7. The predicted molar refractivity (Wildman–Crippen MR) is 125 cm³/mol. The number of rotatable bonds is 7. The number of nitrogens with one attached hydrogen (secondary N) is 2. The number of fused-ring (bicyclic) bond motifs is 1. The fourth-order valence-corrected chi connectivity index (χ4v) is 4.22. The maximum atomic E-state index is 12.8. The molecule has 0 aliphatic rings. The minimum absolute atomic E-state index is 0.289. The Morgan fingerprint density at radius 2 is 1.82 bits per heavy atom. The molecular weight excluding hydrogens is 465 g/mol. The Kier molecular flexibility index (Phi) is 6.56. The number of carbonyl (C=O) groups is 1. The summed E-state index contributed by atoms with van der Waals surface area (Å²) in [7, 11) is 0. The van der Waals surface area contributed by atoms with Crippen LogP contribution in [0.25, 0.3) is 11.0 Å². The van der Waals surface area contributed by atoms with Crippen LogP contribution >= 0.6 is 11.3 Å². The van der Waals surface area contributed by atoms with Gasteiger partial charge in [0.05, 0.1) is 29.6 Å². The molecule has 34 heavy (non-hydrogen) atoms. The van der Waals surface area contributed by atoms with Gasteiger partial charge in [0.1, 0.15) is 11.2 Å². The quantitative estimate of drug-likeness (QED) is 0.344.